The van der Waals surface area contributed by atoms with Gasteiger partial charge in [-0.3, -0.25) is 4.79 Å². The molecular weight excluding hydrogens is 276 g/mol. The minimum absolute atomic E-state index is 0.0262. The SMILES string of the molecule is CCN(CC(C)C(N)=S)C(=O)c1ccc(SC)cc1. The molecular formula is C14H20N2OS2. The van der Waals surface area contributed by atoms with Gasteiger partial charge >= 0.3 is 0 Å². The molecule has 1 amide bonds. The molecule has 1 unspecified atom stereocenters. The molecule has 0 heterocycles. The Balaban J connectivity index is 2.79. The predicted molar refractivity (Wildman–Crippen MR) is 85.7 cm³/mol. The Morgan fingerprint density at radius 1 is 1.42 bits per heavy atom. The number of hydrogen-bond acceptors (Lipinski definition) is 3. The van der Waals surface area contributed by atoms with Crippen LogP contribution >= 0.6 is 24.0 Å². The van der Waals surface area contributed by atoms with Gasteiger partial charge < -0.3 is 10.6 Å². The highest BCUT2D eigenvalue weighted by molar-refractivity contribution is 7.98. The zero-order valence-electron chi connectivity index (χ0n) is 11.6. The summed E-state index contributed by atoms with van der Waals surface area (Å²) in [5, 5.41) is 0. The molecule has 0 aliphatic heterocycles. The lowest BCUT2D eigenvalue weighted by Gasteiger charge is -2.24. The average Bonchev–Trinajstić information content (AvgIpc) is 2.43. The second-order valence-corrected chi connectivity index (χ2v) is 5.73. The van der Waals surface area contributed by atoms with E-state index in [-0.39, 0.29) is 11.8 Å². The Morgan fingerprint density at radius 2 is 2.00 bits per heavy atom. The zero-order valence-corrected chi connectivity index (χ0v) is 13.2. The maximum atomic E-state index is 12.4. The summed E-state index contributed by atoms with van der Waals surface area (Å²) >= 11 is 6.62. The number of hydrogen-bond donors (Lipinski definition) is 1. The third-order valence-electron chi connectivity index (χ3n) is 2.99. The number of thiocarbonyl (C=S) groups is 1. The summed E-state index contributed by atoms with van der Waals surface area (Å²) < 4.78 is 0. The van der Waals surface area contributed by atoms with Crippen molar-refractivity contribution >= 4 is 34.9 Å². The van der Waals surface area contributed by atoms with Crippen LogP contribution < -0.4 is 5.73 Å². The third-order valence-corrected chi connectivity index (χ3v) is 4.13. The van der Waals surface area contributed by atoms with Gasteiger partial charge in [-0.05, 0) is 37.4 Å². The van der Waals surface area contributed by atoms with Crippen LogP contribution in [0.2, 0.25) is 0 Å². The first-order valence-corrected chi connectivity index (χ1v) is 7.85. The number of nitrogens with zero attached hydrogens (tertiary/aromatic N) is 1. The van der Waals surface area contributed by atoms with Gasteiger partial charge in [0.2, 0.25) is 0 Å². The van der Waals surface area contributed by atoms with E-state index < -0.39 is 0 Å². The molecule has 0 saturated carbocycles. The summed E-state index contributed by atoms with van der Waals surface area (Å²) in [5.74, 6) is 0.0580. The second kappa shape index (κ2) is 7.50. The van der Waals surface area contributed by atoms with Crippen molar-refractivity contribution in [2.24, 2.45) is 11.7 Å². The van der Waals surface area contributed by atoms with Gasteiger partial charge in [0.05, 0.1) is 4.99 Å². The molecule has 0 bridgehead atoms. The van der Waals surface area contributed by atoms with Gasteiger partial charge in [-0.2, -0.15) is 0 Å². The highest BCUT2D eigenvalue weighted by Gasteiger charge is 2.17. The number of amides is 1. The molecule has 0 aromatic heterocycles. The van der Waals surface area contributed by atoms with Crippen molar-refractivity contribution in [1.29, 1.82) is 0 Å². The first kappa shape index (κ1) is 16.0. The standard InChI is InChI=1S/C14H20N2OS2/c1-4-16(9-10(2)13(15)18)14(17)11-5-7-12(19-3)8-6-11/h5-8,10H,4,9H2,1-3H3,(H2,15,18). The highest BCUT2D eigenvalue weighted by Crippen LogP contribution is 2.16. The van der Waals surface area contributed by atoms with Crippen molar-refractivity contribution in [2.45, 2.75) is 18.7 Å². The van der Waals surface area contributed by atoms with Crippen molar-refractivity contribution in [3.63, 3.8) is 0 Å². The van der Waals surface area contributed by atoms with Crippen LogP contribution in [0.1, 0.15) is 24.2 Å². The van der Waals surface area contributed by atoms with E-state index in [2.05, 4.69) is 0 Å². The molecule has 1 aromatic carbocycles. The number of thioether (sulfide) groups is 1. The van der Waals surface area contributed by atoms with Gasteiger partial charge in [0, 0.05) is 29.5 Å². The zero-order chi connectivity index (χ0) is 14.4. The number of carbonyl (C=O) groups excluding carboxylic acids is 1. The van der Waals surface area contributed by atoms with Gasteiger partial charge in [0.25, 0.3) is 5.91 Å². The smallest absolute Gasteiger partial charge is 0.253 e. The maximum absolute atomic E-state index is 12.4. The van der Waals surface area contributed by atoms with Crippen LogP contribution in [-0.2, 0) is 0 Å². The van der Waals surface area contributed by atoms with E-state index >= 15 is 0 Å². The molecule has 0 spiro atoms. The molecule has 0 fully saturated rings. The lowest BCUT2D eigenvalue weighted by molar-refractivity contribution is 0.0755. The molecule has 0 aliphatic rings. The lowest BCUT2D eigenvalue weighted by Crippen LogP contribution is -2.38. The van der Waals surface area contributed by atoms with Gasteiger partial charge in [0.15, 0.2) is 0 Å². The molecule has 104 valence electrons. The predicted octanol–water partition coefficient (Wildman–Crippen LogP) is 2.79. The minimum Gasteiger partial charge on any atom is -0.393 e. The van der Waals surface area contributed by atoms with Gasteiger partial charge in [-0.25, -0.2) is 0 Å². The topological polar surface area (TPSA) is 46.3 Å². The van der Waals surface area contributed by atoms with Crippen molar-refractivity contribution in [2.75, 3.05) is 19.3 Å². The van der Waals surface area contributed by atoms with Crippen LogP contribution in [0.4, 0.5) is 0 Å². The van der Waals surface area contributed by atoms with Crippen LogP contribution in [0.15, 0.2) is 29.2 Å². The van der Waals surface area contributed by atoms with E-state index in [1.54, 1.807) is 16.7 Å². The summed E-state index contributed by atoms with van der Waals surface area (Å²) in [6, 6.07) is 7.65. The van der Waals surface area contributed by atoms with Crippen molar-refractivity contribution < 1.29 is 4.79 Å². The summed E-state index contributed by atoms with van der Waals surface area (Å²) in [4.78, 5) is 15.7. The lowest BCUT2D eigenvalue weighted by atomic mass is 10.1. The first-order chi connectivity index (χ1) is 8.99. The van der Waals surface area contributed by atoms with Crippen LogP contribution in [0.25, 0.3) is 0 Å². The largest absolute Gasteiger partial charge is 0.393 e. The Morgan fingerprint density at radius 3 is 2.42 bits per heavy atom. The number of rotatable bonds is 6. The van der Waals surface area contributed by atoms with E-state index in [4.69, 9.17) is 18.0 Å². The molecule has 3 nitrogen and oxygen atoms in total. The molecule has 1 aromatic rings. The van der Waals surface area contributed by atoms with E-state index in [0.717, 1.165) is 4.90 Å². The summed E-state index contributed by atoms with van der Waals surface area (Å²) in [6.07, 6.45) is 2.01. The van der Waals surface area contributed by atoms with Gasteiger partial charge in [0.1, 0.15) is 0 Å². The minimum atomic E-state index is 0.0262. The van der Waals surface area contributed by atoms with Crippen LogP contribution in [0.5, 0.6) is 0 Å². The average molecular weight is 296 g/mol. The van der Waals surface area contributed by atoms with Crippen LogP contribution in [0.3, 0.4) is 0 Å². The number of nitrogens with two attached hydrogens (primary N) is 1. The molecule has 5 heteroatoms. The van der Waals surface area contributed by atoms with Gasteiger partial charge in [-0.15, -0.1) is 11.8 Å². The van der Waals surface area contributed by atoms with Gasteiger partial charge in [-0.1, -0.05) is 19.1 Å². The van der Waals surface area contributed by atoms with Crippen LogP contribution in [0, 0.1) is 5.92 Å². The molecule has 2 N–H and O–H groups in total. The summed E-state index contributed by atoms with van der Waals surface area (Å²) in [7, 11) is 0. The quantitative estimate of drug-likeness (QED) is 0.648. The fourth-order valence-corrected chi connectivity index (χ4v) is 2.18. The molecule has 19 heavy (non-hydrogen) atoms. The van der Waals surface area contributed by atoms with Crippen LogP contribution in [-0.4, -0.2) is 35.1 Å². The van der Waals surface area contributed by atoms with E-state index in [9.17, 15) is 4.79 Å². The van der Waals surface area contributed by atoms with E-state index in [1.807, 2.05) is 44.4 Å². The number of benzene rings is 1. The first-order valence-electron chi connectivity index (χ1n) is 6.22. The normalized spacial score (nSPS) is 11.9. The fraction of sp³-hybridized carbons (Fsp3) is 0.429. The van der Waals surface area contributed by atoms with Crippen molar-refractivity contribution in [1.82, 2.24) is 4.90 Å². The van der Waals surface area contributed by atoms with Crippen molar-refractivity contribution in [3.05, 3.63) is 29.8 Å². The monoisotopic (exact) mass is 296 g/mol. The molecule has 0 aliphatic carbocycles. The summed E-state index contributed by atoms with van der Waals surface area (Å²) in [5.41, 5.74) is 6.31. The molecule has 0 saturated heterocycles. The highest BCUT2D eigenvalue weighted by atomic mass is 32.2. The summed E-state index contributed by atoms with van der Waals surface area (Å²) in [6.45, 7) is 5.11. The second-order valence-electron chi connectivity index (χ2n) is 4.38. The van der Waals surface area contributed by atoms with Crippen molar-refractivity contribution in [3.8, 4) is 0 Å². The Kier molecular flexibility index (Phi) is 6.31. The van der Waals surface area contributed by atoms with E-state index in [1.165, 1.54) is 0 Å². The Bertz CT molecular complexity index is 445. The maximum Gasteiger partial charge on any atom is 0.253 e. The Hall–Kier alpha value is -1.07. The molecule has 1 atom stereocenters. The fourth-order valence-electron chi connectivity index (χ4n) is 1.69. The molecule has 1 rings (SSSR count). The molecule has 0 radical (unpaired) electrons. The third kappa shape index (κ3) is 4.51. The number of carbonyl (C=O) groups is 1. The van der Waals surface area contributed by atoms with E-state index in [0.29, 0.717) is 23.6 Å². The Labute approximate surface area is 124 Å².